The summed E-state index contributed by atoms with van der Waals surface area (Å²) in [5.74, 6) is -0.276. The van der Waals surface area contributed by atoms with Crippen LogP contribution in [0.1, 0.15) is 28.8 Å². The second-order valence-electron chi connectivity index (χ2n) is 9.42. The zero-order valence-electron chi connectivity index (χ0n) is 19.8. The lowest BCUT2D eigenvalue weighted by atomic mass is 9.79. The number of sulfonamides is 1. The van der Waals surface area contributed by atoms with Gasteiger partial charge in [-0.25, -0.2) is 8.42 Å². The first-order valence-corrected chi connectivity index (χ1v) is 13.5. The van der Waals surface area contributed by atoms with E-state index in [0.29, 0.717) is 22.0 Å². The molecule has 2 heterocycles. The number of nitrogens with zero attached hydrogens (tertiary/aromatic N) is 4. The van der Waals surface area contributed by atoms with Crippen LogP contribution in [0.3, 0.4) is 0 Å². The van der Waals surface area contributed by atoms with Crippen molar-refractivity contribution in [3.8, 4) is 17.2 Å². The normalized spacial score (nSPS) is 17.6. The lowest BCUT2D eigenvalue weighted by Crippen LogP contribution is -2.50. The first kappa shape index (κ1) is 24.4. The predicted molar refractivity (Wildman–Crippen MR) is 136 cm³/mol. The summed E-state index contributed by atoms with van der Waals surface area (Å²) in [7, 11) is -5.02. The summed E-state index contributed by atoms with van der Waals surface area (Å²) < 4.78 is 25.1. The van der Waals surface area contributed by atoms with Gasteiger partial charge in [0.2, 0.25) is 10.0 Å². The number of carbonyl (C=O) groups is 1. The van der Waals surface area contributed by atoms with Crippen LogP contribution in [0.25, 0.3) is 22.0 Å². The maximum Gasteiger partial charge on any atom is 0.488 e. The lowest BCUT2D eigenvalue weighted by molar-refractivity contribution is 0.0699. The topological polar surface area (TPSA) is 135 Å². The highest BCUT2D eigenvalue weighted by Crippen LogP contribution is 2.48. The fourth-order valence-electron chi connectivity index (χ4n) is 4.78. The molecule has 3 aromatic rings. The van der Waals surface area contributed by atoms with E-state index in [4.69, 9.17) is 0 Å². The van der Waals surface area contributed by atoms with Gasteiger partial charge >= 0.3 is 7.12 Å². The Morgan fingerprint density at radius 1 is 1.08 bits per heavy atom. The Kier molecular flexibility index (Phi) is 6.08. The molecule has 2 N–H and O–H groups in total. The Morgan fingerprint density at radius 2 is 1.75 bits per heavy atom. The van der Waals surface area contributed by atoms with E-state index >= 15 is 0 Å². The maximum absolute atomic E-state index is 13.7. The van der Waals surface area contributed by atoms with Gasteiger partial charge in [-0.1, -0.05) is 36.4 Å². The van der Waals surface area contributed by atoms with Crippen molar-refractivity contribution in [2.45, 2.75) is 18.3 Å². The van der Waals surface area contributed by atoms with Crippen LogP contribution in [0.2, 0.25) is 0 Å². The van der Waals surface area contributed by atoms with E-state index in [1.54, 1.807) is 23.1 Å². The fourth-order valence-corrected chi connectivity index (χ4v) is 5.61. The molecule has 2 aromatic carbocycles. The van der Waals surface area contributed by atoms with Crippen molar-refractivity contribution in [2.24, 2.45) is 0 Å². The molecule has 11 heteroatoms. The molecule has 184 valence electrons. The molecule has 2 aliphatic rings. The average molecular weight is 504 g/mol. The van der Waals surface area contributed by atoms with Gasteiger partial charge in [-0.05, 0) is 35.5 Å². The van der Waals surface area contributed by atoms with Crippen LogP contribution in [0.5, 0.6) is 0 Å². The van der Waals surface area contributed by atoms with Gasteiger partial charge in [-0.3, -0.25) is 9.78 Å². The van der Waals surface area contributed by atoms with E-state index in [1.165, 1.54) is 10.5 Å². The van der Waals surface area contributed by atoms with E-state index in [2.05, 4.69) is 11.1 Å². The summed E-state index contributed by atoms with van der Waals surface area (Å²) in [6, 6.07) is 14.8. The van der Waals surface area contributed by atoms with Crippen LogP contribution in [-0.2, 0) is 15.4 Å². The Morgan fingerprint density at radius 3 is 2.31 bits per heavy atom. The molecule has 9 nitrogen and oxygen atoms in total. The van der Waals surface area contributed by atoms with Crippen molar-refractivity contribution in [1.29, 1.82) is 5.26 Å². The molecule has 1 aliphatic carbocycles. The van der Waals surface area contributed by atoms with Gasteiger partial charge < -0.3 is 14.9 Å². The fraction of sp³-hybridized carbons (Fsp3) is 0.320. The monoisotopic (exact) mass is 504 g/mol. The van der Waals surface area contributed by atoms with Crippen LogP contribution >= 0.6 is 0 Å². The minimum absolute atomic E-state index is 0.215. The smallest absolute Gasteiger partial charge is 0.423 e. The Labute approximate surface area is 209 Å². The number of fused-ring (bicyclic) bond motifs is 1. The number of benzene rings is 2. The van der Waals surface area contributed by atoms with Gasteiger partial charge in [-0.15, -0.1) is 0 Å². The number of aromatic nitrogens is 1. The van der Waals surface area contributed by atoms with Crippen LogP contribution in [0.4, 0.5) is 0 Å². The molecular weight excluding hydrogens is 479 g/mol. The molecule has 0 atom stereocenters. The molecule has 0 bridgehead atoms. The molecule has 0 spiro atoms. The number of amides is 1. The molecule has 5 rings (SSSR count). The van der Waals surface area contributed by atoms with Crippen molar-refractivity contribution < 1.29 is 23.3 Å². The summed E-state index contributed by atoms with van der Waals surface area (Å²) in [6.07, 6.45) is 4.32. The molecule has 1 aliphatic heterocycles. The lowest BCUT2D eigenvalue weighted by Gasteiger charge is -2.33. The summed E-state index contributed by atoms with van der Waals surface area (Å²) in [4.78, 5) is 19.7. The van der Waals surface area contributed by atoms with Gasteiger partial charge in [0, 0.05) is 43.3 Å². The SMILES string of the molecule is CS(=O)(=O)N1CCN(C(=O)c2cnc3ccc(B(O)O)cc3c2-c2ccc(C3(C#N)CC3)cc2)CC1. The van der Waals surface area contributed by atoms with E-state index in [0.717, 1.165) is 30.2 Å². The van der Waals surface area contributed by atoms with E-state index in [9.17, 15) is 28.5 Å². The minimum atomic E-state index is -3.33. The van der Waals surface area contributed by atoms with Gasteiger partial charge in [0.1, 0.15) is 0 Å². The highest BCUT2D eigenvalue weighted by atomic mass is 32.2. The third-order valence-corrected chi connectivity index (χ3v) is 8.41. The van der Waals surface area contributed by atoms with E-state index < -0.39 is 22.6 Å². The number of nitriles is 1. The molecule has 0 radical (unpaired) electrons. The number of rotatable bonds is 5. The van der Waals surface area contributed by atoms with E-state index in [-0.39, 0.29) is 37.5 Å². The summed E-state index contributed by atoms with van der Waals surface area (Å²) in [6.45, 7) is 0.935. The summed E-state index contributed by atoms with van der Waals surface area (Å²) >= 11 is 0. The van der Waals surface area contributed by atoms with Crippen molar-refractivity contribution in [3.63, 3.8) is 0 Å². The highest BCUT2D eigenvalue weighted by Gasteiger charge is 2.44. The molecule has 1 saturated heterocycles. The number of carbonyl (C=O) groups excluding carboxylic acids is 1. The van der Waals surface area contributed by atoms with Crippen LogP contribution in [0, 0.1) is 11.3 Å². The molecule has 1 amide bonds. The van der Waals surface area contributed by atoms with Gasteiger partial charge in [0.25, 0.3) is 5.91 Å². The average Bonchev–Trinajstić information content (AvgIpc) is 3.68. The largest absolute Gasteiger partial charge is 0.488 e. The Hall–Kier alpha value is -3.30. The maximum atomic E-state index is 13.7. The molecule has 36 heavy (non-hydrogen) atoms. The first-order chi connectivity index (χ1) is 17.1. The van der Waals surface area contributed by atoms with Crippen molar-refractivity contribution >= 4 is 39.4 Å². The quantitative estimate of drug-likeness (QED) is 0.492. The zero-order chi connectivity index (χ0) is 25.7. The number of piperazine rings is 1. The molecule has 1 saturated carbocycles. The van der Waals surface area contributed by atoms with Crippen LogP contribution in [-0.4, -0.2) is 78.1 Å². The van der Waals surface area contributed by atoms with Crippen LogP contribution in [0.15, 0.2) is 48.7 Å². The van der Waals surface area contributed by atoms with Gasteiger partial charge in [0.05, 0.1) is 28.8 Å². The van der Waals surface area contributed by atoms with Gasteiger partial charge in [-0.2, -0.15) is 9.57 Å². The van der Waals surface area contributed by atoms with Crippen molar-refractivity contribution in [3.05, 3.63) is 59.8 Å². The van der Waals surface area contributed by atoms with Crippen molar-refractivity contribution in [1.82, 2.24) is 14.2 Å². The number of hydrogen-bond acceptors (Lipinski definition) is 7. The molecule has 0 unspecified atom stereocenters. The third-order valence-electron chi connectivity index (χ3n) is 7.11. The van der Waals surface area contributed by atoms with Crippen LogP contribution < -0.4 is 5.46 Å². The summed E-state index contributed by atoms with van der Waals surface area (Å²) in [5.41, 5.74) is 3.04. The number of pyridine rings is 1. The molecular formula is C25H25BN4O5S. The van der Waals surface area contributed by atoms with E-state index in [1.807, 2.05) is 24.3 Å². The Balaban J connectivity index is 1.59. The minimum Gasteiger partial charge on any atom is -0.423 e. The second-order valence-corrected chi connectivity index (χ2v) is 11.4. The second kappa shape index (κ2) is 8.98. The molecule has 1 aromatic heterocycles. The predicted octanol–water partition coefficient (Wildman–Crippen LogP) is 0.854. The number of hydrogen-bond donors (Lipinski definition) is 2. The molecule has 2 fully saturated rings. The Bertz CT molecular complexity index is 1490. The highest BCUT2D eigenvalue weighted by molar-refractivity contribution is 7.88. The zero-order valence-corrected chi connectivity index (χ0v) is 20.6. The third kappa shape index (κ3) is 4.37. The van der Waals surface area contributed by atoms with Gasteiger partial charge in [0.15, 0.2) is 0 Å². The first-order valence-electron chi connectivity index (χ1n) is 11.7. The summed E-state index contributed by atoms with van der Waals surface area (Å²) in [5, 5.41) is 29.7. The standard InChI is InChI=1S/C25H25BN4O5S/c1-36(34,35)30-12-10-29(11-13-30)24(31)21-15-28-22-7-6-19(26(32)33)14-20(22)23(21)17-2-4-18(5-3-17)25(16-27)8-9-25/h2-7,14-15,32-33H,8-13H2,1H3. The van der Waals surface area contributed by atoms with Crippen molar-refractivity contribution in [2.75, 3.05) is 32.4 Å².